The molecule has 0 saturated heterocycles. The summed E-state index contributed by atoms with van der Waals surface area (Å²) >= 11 is 0. The molecule has 19 heteroatoms. The summed E-state index contributed by atoms with van der Waals surface area (Å²) < 4.78 is 56.7. The van der Waals surface area contributed by atoms with Gasteiger partial charge >= 0.3 is 0 Å². The van der Waals surface area contributed by atoms with E-state index in [1.54, 1.807) is 12.1 Å². The van der Waals surface area contributed by atoms with Gasteiger partial charge in [0.05, 0.1) is 28.0 Å². The van der Waals surface area contributed by atoms with Crippen molar-refractivity contribution in [2.75, 3.05) is 0 Å². The van der Waals surface area contributed by atoms with Gasteiger partial charge in [-0.1, -0.05) is 181 Å². The van der Waals surface area contributed by atoms with Crippen molar-refractivity contribution >= 4 is 110 Å². The number of aromatic nitrogens is 11. The molecule has 0 amide bonds. The molecule has 11 heterocycles. The monoisotopic (exact) mass is 2130 g/mol. The molecule has 0 saturated carbocycles. The Kier molecular flexibility index (Phi) is 23.1. The smallest absolute Gasteiger partial charge is 0.127 e. The molecule has 550 valence electrons. The van der Waals surface area contributed by atoms with Crippen LogP contribution in [0.4, 0.5) is 13.2 Å². The Morgan fingerprint density at radius 1 is 0.355 bits per heavy atom. The number of hydrogen-bond donors (Lipinski definition) is 0. The summed E-state index contributed by atoms with van der Waals surface area (Å²) in [5.41, 5.74) is 19.7. The fraction of sp³-hybridized carbons (Fsp3) is 0.216. The van der Waals surface area contributed by atoms with Crippen LogP contribution in [0.2, 0.25) is 0 Å². The summed E-state index contributed by atoms with van der Waals surface area (Å²) in [6.45, 7) is 25.8. The molecule has 0 aliphatic rings. The van der Waals surface area contributed by atoms with Crippen LogP contribution in [0.1, 0.15) is 100 Å². The van der Waals surface area contributed by atoms with Crippen LogP contribution in [0.5, 0.6) is 5.75 Å². The second-order valence-corrected chi connectivity index (χ2v) is 30.9. The first-order valence-electron chi connectivity index (χ1n) is 34.6. The van der Waals surface area contributed by atoms with Crippen LogP contribution >= 0.6 is 0 Å². The van der Waals surface area contributed by atoms with Gasteiger partial charge in [0, 0.05) is 173 Å². The first-order chi connectivity index (χ1) is 49.3. The van der Waals surface area contributed by atoms with E-state index in [1.807, 2.05) is 165 Å². The average Bonchev–Trinajstić information content (AvgIpc) is 1.64. The van der Waals surface area contributed by atoms with Gasteiger partial charge in [0.25, 0.3) is 0 Å². The molecule has 0 aliphatic carbocycles. The summed E-state index contributed by atoms with van der Waals surface area (Å²) in [6, 6.07) is 69.6. The minimum Gasteiger partial charge on any atom is -0.532 e. The molecule has 0 bridgehead atoms. The van der Waals surface area contributed by atoms with Crippen LogP contribution in [0.3, 0.4) is 0 Å². The third-order valence-electron chi connectivity index (χ3n) is 17.6. The van der Waals surface area contributed by atoms with Crippen molar-refractivity contribution in [2.24, 2.45) is 16.2 Å². The van der Waals surface area contributed by atoms with Crippen molar-refractivity contribution in [3.05, 3.63) is 266 Å². The largest absolute Gasteiger partial charge is 0.532 e. The number of pyridine rings is 7. The summed E-state index contributed by atoms with van der Waals surface area (Å²) in [5, 5.41) is 3.99. The zero-order valence-electron chi connectivity index (χ0n) is 61.0. The Balaban J connectivity index is 0.000000141. The van der Waals surface area contributed by atoms with Gasteiger partial charge in [0.1, 0.15) is 22.6 Å². The molecule has 0 unspecified atom stereocenters. The molecular formula is C88H76F3Ir4N11O-4. The predicted molar refractivity (Wildman–Crippen MR) is 410 cm³/mol. The number of hydrogen-bond acceptors (Lipinski definition) is 8. The Labute approximate surface area is 673 Å². The molecule has 107 heavy (non-hydrogen) atoms. The van der Waals surface area contributed by atoms with Gasteiger partial charge in [-0.25, -0.2) is 4.39 Å². The van der Waals surface area contributed by atoms with E-state index < -0.39 is 0 Å². The number of rotatable bonds is 6. The van der Waals surface area contributed by atoms with E-state index in [2.05, 4.69) is 135 Å². The maximum absolute atomic E-state index is 14.4. The van der Waals surface area contributed by atoms with Crippen LogP contribution in [0.15, 0.2) is 207 Å². The minimum absolute atomic E-state index is 0. The zero-order valence-corrected chi connectivity index (χ0v) is 70.6. The maximum Gasteiger partial charge on any atom is 0.127 e. The third kappa shape index (κ3) is 16.3. The molecule has 0 atom stereocenters. The molecule has 0 spiro atoms. The predicted octanol–water partition coefficient (Wildman–Crippen LogP) is 21.6. The van der Waals surface area contributed by atoms with Gasteiger partial charge in [-0.05, 0) is 138 Å². The van der Waals surface area contributed by atoms with Gasteiger partial charge < -0.3 is 32.3 Å². The SMILES string of the molecule is CC(C)(C)Cc1nc2c(F)cc[c-]c2c2nc3ccccn3c12.CC(C)(C)Cc1nc2cc(F)c[c-]c2c2nc3ccccn3c12.CC(C)(C)Cc1nc2cc(OC(C)(C)C)c[c-]c2c2nc3ccccn3c12.Fc1c[c-]c2c(c1)c(-c1ccccc1)c(-c1ccccc1)c1c2nc2ccccn21.[Ir].[Ir].[Ir].[Ir]. The van der Waals surface area contributed by atoms with Crippen molar-refractivity contribution in [1.82, 2.24) is 52.5 Å². The maximum atomic E-state index is 14.4. The number of fused-ring (bicyclic) bond motifs is 20. The van der Waals surface area contributed by atoms with E-state index in [-0.39, 0.29) is 120 Å². The van der Waals surface area contributed by atoms with Gasteiger partial charge in [0.15, 0.2) is 0 Å². The Bertz CT molecular complexity index is 6310. The second-order valence-electron chi connectivity index (χ2n) is 30.9. The van der Waals surface area contributed by atoms with Crippen molar-refractivity contribution in [3.8, 4) is 28.0 Å². The normalized spacial score (nSPS) is 11.9. The number of ether oxygens (including phenoxy) is 1. The minimum atomic E-state index is -0.326. The molecule has 0 fully saturated rings. The molecule has 11 aromatic heterocycles. The van der Waals surface area contributed by atoms with Crippen LogP contribution in [0, 0.1) is 58.0 Å². The van der Waals surface area contributed by atoms with E-state index in [0.29, 0.717) is 16.4 Å². The van der Waals surface area contributed by atoms with E-state index >= 15 is 0 Å². The molecule has 18 aromatic rings. The van der Waals surface area contributed by atoms with Gasteiger partial charge in [-0.3, -0.25) is 33.7 Å². The quantitative estimate of drug-likeness (QED) is 0.151. The third-order valence-corrected chi connectivity index (χ3v) is 17.6. The van der Waals surface area contributed by atoms with Crippen LogP contribution < -0.4 is 4.74 Å². The van der Waals surface area contributed by atoms with Crippen molar-refractivity contribution in [1.29, 1.82) is 0 Å². The Hall–Kier alpha value is -8.98. The summed E-state index contributed by atoms with van der Waals surface area (Å²) in [4.78, 5) is 33.6. The average molecular weight is 2130 g/mol. The topological polar surface area (TPSA) is 117 Å². The van der Waals surface area contributed by atoms with Crippen LogP contribution in [-0.4, -0.2) is 58.1 Å². The Morgan fingerprint density at radius 3 is 1.18 bits per heavy atom. The fourth-order valence-corrected chi connectivity index (χ4v) is 13.8. The standard InChI is InChI=1S/C27H16FN2.C23H26N3O.2C19H17FN3.4Ir/c28-20-14-15-21-22(17-20)24(18-9-3-1-4-10-18)25(19-11-5-2-6-12-19)27-26(21)29-23-13-7-8-16-30(23)27;1-22(2,3)14-18-21-20(25-19-9-7-8-12-26(19)21)16-11-10-15(13-17(16)24-18)27-23(4,5)6;1-19(2,3)11-14-18-17(22-15-9-4-5-10-23(15)18)12-7-6-8-13(20)16(12)21-14;1-19(2,3)11-15-18-17(22-16-6-4-5-9-23(16)18)13-8-7-12(20)10-14(13)21-15;;;;/h1-14,16-17H;7-10,12-13H,14H2,1-6H3;4-6,8-10H,11H2,1-3H3;4-7,9-10H,11H2,1-3H3;;;;/q4*-1;;;;. The van der Waals surface area contributed by atoms with E-state index in [4.69, 9.17) is 34.6 Å². The number of imidazole rings is 4. The first kappa shape index (κ1) is 79.1. The van der Waals surface area contributed by atoms with Gasteiger partial charge in [-0.15, -0.1) is 66.0 Å². The van der Waals surface area contributed by atoms with Crippen molar-refractivity contribution in [2.45, 2.75) is 108 Å². The first-order valence-corrected chi connectivity index (χ1v) is 34.6. The number of halogens is 3. The molecule has 0 aliphatic heterocycles. The molecule has 7 aromatic carbocycles. The molecule has 12 nitrogen and oxygen atoms in total. The molecule has 18 rings (SSSR count). The van der Waals surface area contributed by atoms with Crippen molar-refractivity contribution < 1.29 is 98.3 Å². The summed E-state index contributed by atoms with van der Waals surface area (Å²) in [6.07, 6.45) is 10.5. The number of nitrogens with zero attached hydrogens (tertiary/aromatic N) is 11. The Morgan fingerprint density at radius 2 is 0.729 bits per heavy atom. The van der Waals surface area contributed by atoms with Crippen LogP contribution in [0.25, 0.3) is 132 Å². The summed E-state index contributed by atoms with van der Waals surface area (Å²) in [5.74, 6) is -0.170. The summed E-state index contributed by atoms with van der Waals surface area (Å²) in [7, 11) is 0. The van der Waals surface area contributed by atoms with Crippen molar-refractivity contribution in [3.63, 3.8) is 0 Å². The fourth-order valence-electron chi connectivity index (χ4n) is 13.8. The molecule has 0 N–H and O–H groups in total. The number of benzene rings is 7. The van der Waals surface area contributed by atoms with E-state index in [1.165, 1.54) is 24.3 Å². The zero-order chi connectivity index (χ0) is 71.9. The van der Waals surface area contributed by atoms with E-state index in [0.717, 1.165) is 158 Å². The van der Waals surface area contributed by atoms with Gasteiger partial charge in [0.2, 0.25) is 0 Å². The second kappa shape index (κ2) is 31.3. The molecule has 4 radical (unpaired) electrons. The van der Waals surface area contributed by atoms with Crippen LogP contribution in [-0.2, 0) is 99.7 Å². The van der Waals surface area contributed by atoms with E-state index in [9.17, 15) is 13.2 Å². The van der Waals surface area contributed by atoms with Gasteiger partial charge in [-0.2, -0.15) is 0 Å². The molecular weight excluding hydrogens is 2050 g/mol.